The lowest BCUT2D eigenvalue weighted by Gasteiger charge is -2.37. The Morgan fingerprint density at radius 1 is 1.03 bits per heavy atom. The van der Waals surface area contributed by atoms with E-state index in [-0.39, 0.29) is 29.5 Å². The third-order valence-electron chi connectivity index (χ3n) is 4.87. The molecule has 1 aliphatic rings. The van der Waals surface area contributed by atoms with Crippen molar-refractivity contribution in [3.05, 3.63) is 83.7 Å². The number of ether oxygens (including phenoxy) is 1. The first-order valence-corrected chi connectivity index (χ1v) is 9.41. The smallest absolute Gasteiger partial charge is 0.356 e. The zero-order chi connectivity index (χ0) is 20.4. The number of nitrogens with zero attached hydrogens (tertiary/aromatic N) is 3. The molecule has 2 atom stereocenters. The van der Waals surface area contributed by atoms with Gasteiger partial charge in [0.2, 0.25) is 0 Å². The van der Waals surface area contributed by atoms with E-state index in [2.05, 4.69) is 5.10 Å². The summed E-state index contributed by atoms with van der Waals surface area (Å²) in [5, 5.41) is 13.5. The lowest BCUT2D eigenvalue weighted by atomic mass is 10.1. The van der Waals surface area contributed by atoms with Gasteiger partial charge in [-0.1, -0.05) is 48.5 Å². The second-order valence-corrected chi connectivity index (χ2v) is 7.02. The first-order valence-electron chi connectivity index (χ1n) is 9.41. The molecule has 0 unspecified atom stereocenters. The topological polar surface area (TPSA) is 84.7 Å². The number of para-hydroxylation sites is 1. The van der Waals surface area contributed by atoms with Crippen LogP contribution in [-0.2, 0) is 4.74 Å². The summed E-state index contributed by atoms with van der Waals surface area (Å²) in [7, 11) is 0. The molecule has 148 valence electrons. The molecule has 1 aliphatic heterocycles. The van der Waals surface area contributed by atoms with Crippen molar-refractivity contribution >= 4 is 11.9 Å². The number of rotatable bonds is 4. The number of aromatic carboxylic acids is 1. The summed E-state index contributed by atoms with van der Waals surface area (Å²) >= 11 is 0. The van der Waals surface area contributed by atoms with Crippen LogP contribution >= 0.6 is 0 Å². The van der Waals surface area contributed by atoms with Crippen molar-refractivity contribution in [3.8, 4) is 5.69 Å². The Bertz CT molecular complexity index is 1020. The highest BCUT2D eigenvalue weighted by Gasteiger charge is 2.32. The number of carboxylic acid groups (broad SMARTS) is 1. The first-order chi connectivity index (χ1) is 14.0. The lowest BCUT2D eigenvalue weighted by Crippen LogP contribution is -2.46. The number of benzene rings is 2. The van der Waals surface area contributed by atoms with Crippen molar-refractivity contribution in [2.24, 2.45) is 0 Å². The van der Waals surface area contributed by atoms with Gasteiger partial charge < -0.3 is 14.7 Å². The molecular formula is C22H21N3O4. The summed E-state index contributed by atoms with van der Waals surface area (Å²) in [6.07, 6.45) is -0.388. The molecular weight excluding hydrogens is 370 g/mol. The average Bonchev–Trinajstić information content (AvgIpc) is 3.20. The molecule has 2 aromatic carbocycles. The van der Waals surface area contributed by atoms with E-state index in [0.717, 1.165) is 5.56 Å². The number of amides is 1. The van der Waals surface area contributed by atoms with Crippen LogP contribution in [0.15, 0.2) is 66.7 Å². The number of aromatic nitrogens is 2. The van der Waals surface area contributed by atoms with Crippen molar-refractivity contribution in [1.29, 1.82) is 0 Å². The van der Waals surface area contributed by atoms with E-state index >= 15 is 0 Å². The molecule has 7 nitrogen and oxygen atoms in total. The molecule has 1 saturated heterocycles. The predicted molar refractivity (Wildman–Crippen MR) is 106 cm³/mol. The molecule has 7 heteroatoms. The molecule has 0 bridgehead atoms. The molecule has 1 fully saturated rings. The molecule has 1 amide bonds. The van der Waals surface area contributed by atoms with E-state index in [0.29, 0.717) is 18.8 Å². The quantitative estimate of drug-likeness (QED) is 0.738. The highest BCUT2D eigenvalue weighted by Crippen LogP contribution is 2.26. The van der Waals surface area contributed by atoms with Crippen LogP contribution in [0.2, 0.25) is 0 Å². The number of carboxylic acids is 1. The van der Waals surface area contributed by atoms with Gasteiger partial charge in [0.25, 0.3) is 5.91 Å². The van der Waals surface area contributed by atoms with Crippen molar-refractivity contribution in [2.45, 2.75) is 19.1 Å². The van der Waals surface area contributed by atoms with E-state index < -0.39 is 5.97 Å². The van der Waals surface area contributed by atoms with Crippen LogP contribution in [0.4, 0.5) is 0 Å². The second kappa shape index (κ2) is 7.89. The normalized spacial score (nSPS) is 19.1. The summed E-state index contributed by atoms with van der Waals surface area (Å²) < 4.78 is 7.43. The molecule has 1 N–H and O–H groups in total. The molecule has 0 aliphatic carbocycles. The summed E-state index contributed by atoms with van der Waals surface area (Å²) in [5.74, 6) is -1.45. The maximum Gasteiger partial charge on any atom is 0.356 e. The molecule has 1 aromatic heterocycles. The van der Waals surface area contributed by atoms with E-state index in [4.69, 9.17) is 4.74 Å². The van der Waals surface area contributed by atoms with Crippen LogP contribution in [-0.4, -0.2) is 50.9 Å². The van der Waals surface area contributed by atoms with Gasteiger partial charge in [-0.05, 0) is 24.6 Å². The minimum atomic E-state index is -1.17. The molecule has 4 rings (SSSR count). The Hall–Kier alpha value is -3.45. The van der Waals surface area contributed by atoms with Gasteiger partial charge in [-0.25, -0.2) is 9.48 Å². The van der Waals surface area contributed by atoms with Crippen molar-refractivity contribution < 1.29 is 19.4 Å². The Balaban J connectivity index is 1.67. The van der Waals surface area contributed by atoms with Gasteiger partial charge in [0, 0.05) is 12.6 Å². The molecule has 0 radical (unpaired) electrons. The van der Waals surface area contributed by atoms with Crippen LogP contribution in [0.5, 0.6) is 0 Å². The Labute approximate surface area is 168 Å². The summed E-state index contributed by atoms with van der Waals surface area (Å²) in [4.78, 5) is 26.5. The van der Waals surface area contributed by atoms with E-state index in [1.165, 1.54) is 10.7 Å². The van der Waals surface area contributed by atoms with Crippen LogP contribution in [0.25, 0.3) is 5.69 Å². The lowest BCUT2D eigenvalue weighted by molar-refractivity contribution is -0.0693. The highest BCUT2D eigenvalue weighted by atomic mass is 16.5. The summed E-state index contributed by atoms with van der Waals surface area (Å²) in [5.41, 5.74) is 1.68. The summed E-state index contributed by atoms with van der Waals surface area (Å²) in [6.45, 7) is 2.73. The van der Waals surface area contributed by atoms with E-state index in [1.807, 2.05) is 55.5 Å². The average molecular weight is 391 g/mol. The Kier molecular flexibility index (Phi) is 5.14. The number of morpholine rings is 1. The fraction of sp³-hybridized carbons (Fsp3) is 0.227. The second-order valence-electron chi connectivity index (χ2n) is 7.02. The van der Waals surface area contributed by atoms with Crippen LogP contribution in [0, 0.1) is 0 Å². The van der Waals surface area contributed by atoms with E-state index in [9.17, 15) is 14.7 Å². The largest absolute Gasteiger partial charge is 0.476 e. The highest BCUT2D eigenvalue weighted by molar-refractivity contribution is 5.96. The third kappa shape index (κ3) is 3.90. The predicted octanol–water partition coefficient (Wildman–Crippen LogP) is 3.17. The molecule has 2 heterocycles. The number of carbonyl (C=O) groups is 2. The van der Waals surface area contributed by atoms with E-state index in [1.54, 1.807) is 17.0 Å². The third-order valence-corrected chi connectivity index (χ3v) is 4.87. The van der Waals surface area contributed by atoms with Gasteiger partial charge >= 0.3 is 5.97 Å². The zero-order valence-electron chi connectivity index (χ0n) is 15.9. The first kappa shape index (κ1) is 18.9. The molecule has 0 spiro atoms. The number of hydrogen-bond acceptors (Lipinski definition) is 4. The van der Waals surface area contributed by atoms with Gasteiger partial charge in [-0.3, -0.25) is 4.79 Å². The number of hydrogen-bond donors (Lipinski definition) is 1. The van der Waals surface area contributed by atoms with Gasteiger partial charge in [0.1, 0.15) is 11.8 Å². The monoisotopic (exact) mass is 391 g/mol. The molecule has 29 heavy (non-hydrogen) atoms. The van der Waals surface area contributed by atoms with Crippen molar-refractivity contribution in [3.63, 3.8) is 0 Å². The van der Waals surface area contributed by atoms with Gasteiger partial charge in [0.15, 0.2) is 5.69 Å². The maximum absolute atomic E-state index is 13.4. The standard InChI is InChI=1S/C22H21N3O4/c1-15-13-24(14-20(29-15)16-8-4-2-5-9-16)21(26)19-12-18(22(27)28)23-25(19)17-10-6-3-7-11-17/h2-12,15,20H,13-14H2,1H3,(H,27,28)/t15-,20+/m0/s1. The molecule has 3 aromatic rings. The van der Waals surface area contributed by atoms with Crippen LogP contribution in [0.1, 0.15) is 39.6 Å². The van der Waals surface area contributed by atoms with Crippen molar-refractivity contribution in [1.82, 2.24) is 14.7 Å². The minimum absolute atomic E-state index is 0.148. The minimum Gasteiger partial charge on any atom is -0.476 e. The fourth-order valence-electron chi connectivity index (χ4n) is 3.54. The zero-order valence-corrected chi connectivity index (χ0v) is 15.9. The Morgan fingerprint density at radius 2 is 1.69 bits per heavy atom. The van der Waals surface area contributed by atoms with Crippen LogP contribution in [0.3, 0.4) is 0 Å². The molecule has 0 saturated carbocycles. The fourth-order valence-corrected chi connectivity index (χ4v) is 3.54. The van der Waals surface area contributed by atoms with Crippen molar-refractivity contribution in [2.75, 3.05) is 13.1 Å². The number of carbonyl (C=O) groups excluding carboxylic acids is 1. The maximum atomic E-state index is 13.4. The van der Waals surface area contributed by atoms with Crippen LogP contribution < -0.4 is 0 Å². The van der Waals surface area contributed by atoms with Gasteiger partial charge in [-0.15, -0.1) is 0 Å². The SMILES string of the molecule is C[C@H]1CN(C(=O)c2cc(C(=O)O)nn2-c2ccccc2)C[C@H](c2ccccc2)O1. The Morgan fingerprint density at radius 3 is 2.34 bits per heavy atom. The van der Waals surface area contributed by atoms with Gasteiger partial charge in [-0.2, -0.15) is 5.10 Å². The van der Waals surface area contributed by atoms with Gasteiger partial charge in [0.05, 0.1) is 18.3 Å². The summed E-state index contributed by atoms with van der Waals surface area (Å²) in [6, 6.07) is 20.1.